The van der Waals surface area contributed by atoms with E-state index in [1.165, 1.54) is 19.2 Å². The number of carbonyl (C=O) groups excluding carboxylic acids is 1. The molecule has 0 spiro atoms. The van der Waals surface area contributed by atoms with Gasteiger partial charge in [-0.3, -0.25) is 4.98 Å². The van der Waals surface area contributed by atoms with Crippen molar-refractivity contribution in [2.24, 2.45) is 0 Å². The molecule has 3 rings (SSSR count). The van der Waals surface area contributed by atoms with Crippen LogP contribution in [0.5, 0.6) is 0 Å². The van der Waals surface area contributed by atoms with Gasteiger partial charge in [0.05, 0.1) is 36.3 Å². The van der Waals surface area contributed by atoms with E-state index in [1.807, 2.05) is 0 Å². The Morgan fingerprint density at radius 2 is 1.53 bits per heavy atom. The second-order valence-electron chi connectivity index (χ2n) is 5.74. The summed E-state index contributed by atoms with van der Waals surface area (Å²) in [5.41, 5.74) is 0.906. The van der Waals surface area contributed by atoms with Gasteiger partial charge in [-0.2, -0.15) is 0 Å². The SMILES string of the molecule is COC(=O)c1cc(F)cnc1Cc1ccc(F)cc1.O=C(O)c1cc(F)cnc1Cl. The number of nitrogens with zero attached hydrogens (tertiary/aromatic N) is 2. The predicted octanol–water partition coefficient (Wildman–Crippen LogP) is 4.31. The van der Waals surface area contributed by atoms with Crippen molar-refractivity contribution in [1.82, 2.24) is 9.97 Å². The van der Waals surface area contributed by atoms with Crippen LogP contribution in [0.2, 0.25) is 5.15 Å². The van der Waals surface area contributed by atoms with Crippen molar-refractivity contribution in [1.29, 1.82) is 0 Å². The van der Waals surface area contributed by atoms with Gasteiger partial charge in [-0.05, 0) is 29.8 Å². The molecule has 3 aromatic rings. The number of aromatic nitrogens is 2. The average Bonchev–Trinajstić information content (AvgIpc) is 2.72. The molecule has 0 saturated carbocycles. The van der Waals surface area contributed by atoms with Crippen LogP contribution in [0.4, 0.5) is 13.2 Å². The summed E-state index contributed by atoms with van der Waals surface area (Å²) in [6.07, 6.45) is 2.19. The molecule has 0 saturated heterocycles. The molecule has 1 N–H and O–H groups in total. The summed E-state index contributed by atoms with van der Waals surface area (Å²) in [5, 5.41) is 8.19. The van der Waals surface area contributed by atoms with E-state index >= 15 is 0 Å². The van der Waals surface area contributed by atoms with Crippen molar-refractivity contribution < 1.29 is 32.6 Å². The maximum atomic E-state index is 13.1. The number of pyridine rings is 2. The number of hydrogen-bond donors (Lipinski definition) is 1. The summed E-state index contributed by atoms with van der Waals surface area (Å²) in [5.74, 6) is -3.61. The summed E-state index contributed by atoms with van der Waals surface area (Å²) in [6, 6.07) is 7.70. The topological polar surface area (TPSA) is 89.4 Å². The zero-order valence-corrected chi connectivity index (χ0v) is 16.2. The van der Waals surface area contributed by atoms with E-state index < -0.39 is 23.6 Å². The first-order valence-electron chi connectivity index (χ1n) is 8.22. The maximum absolute atomic E-state index is 13.1. The number of ether oxygens (including phenoxy) is 1. The number of carboxylic acid groups (broad SMARTS) is 1. The van der Waals surface area contributed by atoms with E-state index in [9.17, 15) is 22.8 Å². The van der Waals surface area contributed by atoms with Crippen LogP contribution in [-0.2, 0) is 11.2 Å². The van der Waals surface area contributed by atoms with Crippen molar-refractivity contribution in [2.45, 2.75) is 6.42 Å². The van der Waals surface area contributed by atoms with Gasteiger partial charge in [0, 0.05) is 6.42 Å². The quantitative estimate of drug-likeness (QED) is 0.482. The highest BCUT2D eigenvalue weighted by Crippen LogP contribution is 2.15. The molecule has 2 aromatic heterocycles. The third-order valence-corrected chi connectivity index (χ3v) is 3.96. The second-order valence-corrected chi connectivity index (χ2v) is 6.10. The molecular weight excluding hydrogens is 425 g/mol. The highest BCUT2D eigenvalue weighted by molar-refractivity contribution is 6.32. The van der Waals surface area contributed by atoms with Gasteiger partial charge in [-0.15, -0.1) is 0 Å². The summed E-state index contributed by atoms with van der Waals surface area (Å²) in [4.78, 5) is 29.0. The lowest BCUT2D eigenvalue weighted by Gasteiger charge is -2.07. The lowest BCUT2D eigenvalue weighted by molar-refractivity contribution is 0.0597. The van der Waals surface area contributed by atoms with Gasteiger partial charge in [-0.1, -0.05) is 23.7 Å². The van der Waals surface area contributed by atoms with Crippen molar-refractivity contribution in [2.75, 3.05) is 7.11 Å². The van der Waals surface area contributed by atoms with Gasteiger partial charge in [-0.25, -0.2) is 27.7 Å². The number of halogens is 4. The Labute approximate surface area is 173 Å². The van der Waals surface area contributed by atoms with Gasteiger partial charge in [0.2, 0.25) is 0 Å². The largest absolute Gasteiger partial charge is 0.478 e. The van der Waals surface area contributed by atoms with Crippen LogP contribution >= 0.6 is 11.6 Å². The van der Waals surface area contributed by atoms with E-state index in [0.29, 0.717) is 12.1 Å². The summed E-state index contributed by atoms with van der Waals surface area (Å²) in [7, 11) is 1.22. The van der Waals surface area contributed by atoms with Gasteiger partial charge < -0.3 is 9.84 Å². The average molecular weight is 439 g/mol. The number of esters is 1. The van der Waals surface area contributed by atoms with E-state index in [0.717, 1.165) is 30.1 Å². The lowest BCUT2D eigenvalue weighted by atomic mass is 10.1. The molecule has 0 bridgehead atoms. The summed E-state index contributed by atoms with van der Waals surface area (Å²) < 4.78 is 42.8. The first-order chi connectivity index (χ1) is 14.2. The van der Waals surface area contributed by atoms with E-state index in [2.05, 4.69) is 14.7 Å². The Hall–Kier alpha value is -3.46. The Kier molecular flexibility index (Phi) is 7.88. The first kappa shape index (κ1) is 22.8. The number of methoxy groups -OCH3 is 1. The van der Waals surface area contributed by atoms with Gasteiger partial charge in [0.15, 0.2) is 0 Å². The molecule has 0 fully saturated rings. The minimum absolute atomic E-state index is 0.0758. The predicted molar refractivity (Wildman–Crippen MR) is 101 cm³/mol. The maximum Gasteiger partial charge on any atom is 0.339 e. The van der Waals surface area contributed by atoms with E-state index in [4.69, 9.17) is 16.7 Å². The van der Waals surface area contributed by atoms with Gasteiger partial charge in [0.25, 0.3) is 0 Å². The van der Waals surface area contributed by atoms with Crippen LogP contribution in [-0.4, -0.2) is 34.1 Å². The molecule has 0 unspecified atom stereocenters. The molecule has 0 aliphatic rings. The number of hydrogen-bond acceptors (Lipinski definition) is 5. The minimum Gasteiger partial charge on any atom is -0.478 e. The smallest absolute Gasteiger partial charge is 0.339 e. The molecule has 10 heteroatoms. The van der Waals surface area contributed by atoms with Crippen molar-refractivity contribution >= 4 is 23.5 Å². The number of carbonyl (C=O) groups is 2. The fourth-order valence-corrected chi connectivity index (χ4v) is 2.45. The Morgan fingerprint density at radius 3 is 2.07 bits per heavy atom. The third-order valence-electron chi connectivity index (χ3n) is 3.66. The number of aromatic carboxylic acids is 1. The molecule has 0 aliphatic carbocycles. The highest BCUT2D eigenvalue weighted by atomic mass is 35.5. The number of benzene rings is 1. The molecule has 0 amide bonds. The molecule has 156 valence electrons. The third kappa shape index (κ3) is 6.28. The number of rotatable bonds is 4. The second kappa shape index (κ2) is 10.4. The zero-order chi connectivity index (χ0) is 22.3. The van der Waals surface area contributed by atoms with E-state index in [1.54, 1.807) is 12.1 Å². The molecule has 30 heavy (non-hydrogen) atoms. The number of carboxylic acids is 1. The molecule has 6 nitrogen and oxygen atoms in total. The standard InChI is InChI=1S/C14H11F2NO2.C6H3ClFNO2/c1-19-14(18)12-7-11(16)8-17-13(12)6-9-2-4-10(15)5-3-9;7-5-4(6(10)11)1-3(8)2-9-5/h2-5,7-8H,6H2,1H3;1-2H,(H,10,11). The molecular formula is C20H14ClF3N2O4. The minimum atomic E-state index is -1.29. The van der Waals surface area contributed by atoms with Crippen molar-refractivity contribution in [3.63, 3.8) is 0 Å². The summed E-state index contributed by atoms with van der Waals surface area (Å²) in [6.45, 7) is 0. The fourth-order valence-electron chi connectivity index (χ4n) is 2.26. The van der Waals surface area contributed by atoms with Gasteiger partial charge >= 0.3 is 11.9 Å². The van der Waals surface area contributed by atoms with Crippen molar-refractivity contribution in [3.05, 3.63) is 93.8 Å². The molecule has 2 heterocycles. The first-order valence-corrected chi connectivity index (χ1v) is 8.60. The van der Waals surface area contributed by atoms with Crippen LogP contribution < -0.4 is 0 Å². The zero-order valence-electron chi connectivity index (χ0n) is 15.4. The Balaban J connectivity index is 0.000000248. The van der Waals surface area contributed by atoms with Crippen molar-refractivity contribution in [3.8, 4) is 0 Å². The lowest BCUT2D eigenvalue weighted by Crippen LogP contribution is -2.09. The van der Waals surface area contributed by atoms with Gasteiger partial charge in [0.1, 0.15) is 22.6 Å². The molecule has 0 radical (unpaired) electrons. The molecule has 0 atom stereocenters. The molecule has 0 aliphatic heterocycles. The normalized spacial score (nSPS) is 10.0. The van der Waals surface area contributed by atoms with Crippen LogP contribution in [0.3, 0.4) is 0 Å². The molecule has 1 aromatic carbocycles. The van der Waals surface area contributed by atoms with Crippen LogP contribution in [0.1, 0.15) is 32.0 Å². The Bertz CT molecular complexity index is 1060. The fraction of sp³-hybridized carbons (Fsp3) is 0.100. The van der Waals surface area contributed by atoms with E-state index in [-0.39, 0.29) is 22.1 Å². The Morgan fingerprint density at radius 1 is 0.967 bits per heavy atom. The summed E-state index contributed by atoms with van der Waals surface area (Å²) >= 11 is 5.33. The highest BCUT2D eigenvalue weighted by Gasteiger charge is 2.15. The monoisotopic (exact) mass is 438 g/mol. The van der Waals surface area contributed by atoms with Crippen LogP contribution in [0.25, 0.3) is 0 Å². The van der Waals surface area contributed by atoms with Crippen LogP contribution in [0.15, 0.2) is 48.8 Å². The van der Waals surface area contributed by atoms with Crippen LogP contribution in [0, 0.1) is 17.5 Å².